The molecule has 0 aliphatic rings. The van der Waals surface area contributed by atoms with Crippen molar-refractivity contribution >= 4 is 16.8 Å². The number of phenolic OH excluding ortho intramolecular Hbond substituents is 1. The van der Waals surface area contributed by atoms with Crippen LogP contribution in [-0.4, -0.2) is 37.0 Å². The van der Waals surface area contributed by atoms with Gasteiger partial charge < -0.3 is 19.2 Å². The molecule has 2 aromatic carbocycles. The number of hydrogen-bond donors (Lipinski definition) is 1. The second kappa shape index (κ2) is 7.08. The molecule has 0 radical (unpaired) electrons. The lowest BCUT2D eigenvalue weighted by Gasteiger charge is -2.12. The number of hydrogen-bond acceptors (Lipinski definition) is 5. The monoisotopic (exact) mass is 367 g/mol. The van der Waals surface area contributed by atoms with Crippen LogP contribution >= 0.6 is 0 Å². The van der Waals surface area contributed by atoms with Gasteiger partial charge in [-0.1, -0.05) is 6.07 Å². The van der Waals surface area contributed by atoms with Gasteiger partial charge >= 0.3 is 0 Å². The first-order chi connectivity index (χ1) is 12.7. The molecule has 0 aliphatic carbocycles. The highest BCUT2D eigenvalue weighted by Gasteiger charge is 2.25. The van der Waals surface area contributed by atoms with E-state index in [2.05, 4.69) is 0 Å². The van der Waals surface area contributed by atoms with Crippen LogP contribution in [-0.2, 0) is 6.54 Å². The molecule has 1 N–H and O–H groups in total. The summed E-state index contributed by atoms with van der Waals surface area (Å²) in [5.41, 5.74) is 4.08. The number of nitrogens with zero attached hydrogens (tertiary/aromatic N) is 1. The number of rotatable bonds is 5. The molecule has 0 fully saturated rings. The van der Waals surface area contributed by atoms with Gasteiger partial charge in [0.25, 0.3) is 0 Å². The van der Waals surface area contributed by atoms with Crippen LogP contribution < -0.4 is 4.74 Å². The van der Waals surface area contributed by atoms with Crippen LogP contribution in [0.2, 0.25) is 0 Å². The van der Waals surface area contributed by atoms with Crippen LogP contribution in [0.3, 0.4) is 0 Å². The molecule has 5 nitrogen and oxygen atoms in total. The van der Waals surface area contributed by atoms with E-state index in [1.54, 1.807) is 26.2 Å². The second-order valence-electron chi connectivity index (χ2n) is 7.20. The van der Waals surface area contributed by atoms with Crippen LogP contribution in [0, 0.1) is 20.8 Å². The number of carbonyl (C=O) groups excluding carboxylic acids is 1. The number of carbonyl (C=O) groups is 1. The van der Waals surface area contributed by atoms with Crippen molar-refractivity contribution in [2.75, 3.05) is 21.2 Å². The molecule has 0 amide bonds. The van der Waals surface area contributed by atoms with Gasteiger partial charge in [-0.05, 0) is 69.8 Å². The number of methoxy groups -OCH3 is 1. The van der Waals surface area contributed by atoms with Crippen molar-refractivity contribution in [3.05, 3.63) is 57.8 Å². The Morgan fingerprint density at radius 2 is 1.85 bits per heavy atom. The minimum atomic E-state index is -0.143. The molecule has 0 unspecified atom stereocenters. The molecule has 142 valence electrons. The summed E-state index contributed by atoms with van der Waals surface area (Å²) in [7, 11) is 5.42. The fraction of sp³-hybridized carbons (Fsp3) is 0.318. The van der Waals surface area contributed by atoms with Gasteiger partial charge in [0.1, 0.15) is 11.5 Å². The van der Waals surface area contributed by atoms with Gasteiger partial charge in [-0.2, -0.15) is 0 Å². The normalized spacial score (nSPS) is 11.4. The largest absolute Gasteiger partial charge is 0.504 e. The molecule has 0 aliphatic heterocycles. The minimum Gasteiger partial charge on any atom is -0.504 e. The summed E-state index contributed by atoms with van der Waals surface area (Å²) in [6.45, 7) is 6.18. The van der Waals surface area contributed by atoms with Crippen molar-refractivity contribution in [2.24, 2.45) is 0 Å². The summed E-state index contributed by atoms with van der Waals surface area (Å²) in [4.78, 5) is 15.4. The van der Waals surface area contributed by atoms with Crippen LogP contribution in [0.15, 0.2) is 28.7 Å². The maximum Gasteiger partial charge on any atom is 0.197 e. The summed E-state index contributed by atoms with van der Waals surface area (Å²) >= 11 is 0. The maximum atomic E-state index is 13.4. The Bertz CT molecular complexity index is 1030. The molecule has 0 saturated heterocycles. The molecule has 0 spiro atoms. The quantitative estimate of drug-likeness (QED) is 0.679. The fourth-order valence-electron chi connectivity index (χ4n) is 3.26. The molecule has 0 saturated carbocycles. The van der Waals surface area contributed by atoms with Gasteiger partial charge in [0.05, 0.1) is 19.2 Å². The Kier molecular flexibility index (Phi) is 4.98. The first-order valence-corrected chi connectivity index (χ1v) is 8.83. The highest BCUT2D eigenvalue weighted by molar-refractivity contribution is 6.17. The molecular weight excluding hydrogens is 342 g/mol. The van der Waals surface area contributed by atoms with Crippen molar-refractivity contribution < 1.29 is 19.1 Å². The van der Waals surface area contributed by atoms with Crippen molar-refractivity contribution in [1.82, 2.24) is 4.90 Å². The SMILES string of the molecule is COc1cc(C(=O)c2c(CN(C)C)oc3c(O)c(C)ccc23)cc(C)c1C. The fourth-order valence-corrected chi connectivity index (χ4v) is 3.26. The lowest BCUT2D eigenvalue weighted by molar-refractivity contribution is 0.103. The van der Waals surface area contributed by atoms with Crippen molar-refractivity contribution in [3.63, 3.8) is 0 Å². The standard InChI is InChI=1S/C22H25NO4/c1-12-7-8-16-19(18(11-23(4)5)27-22(16)20(12)24)21(25)15-9-13(2)14(3)17(10-15)26-6/h7-10,24H,11H2,1-6H3. The Morgan fingerprint density at radius 1 is 1.15 bits per heavy atom. The molecule has 1 aromatic heterocycles. The highest BCUT2D eigenvalue weighted by atomic mass is 16.5. The second-order valence-corrected chi connectivity index (χ2v) is 7.20. The summed E-state index contributed by atoms with van der Waals surface area (Å²) in [5, 5.41) is 11.0. The Labute approximate surface area is 159 Å². The summed E-state index contributed by atoms with van der Waals surface area (Å²) in [5.74, 6) is 1.15. The summed E-state index contributed by atoms with van der Waals surface area (Å²) in [6.07, 6.45) is 0. The molecule has 0 atom stereocenters. The number of aryl methyl sites for hydroxylation is 2. The number of furan rings is 1. The van der Waals surface area contributed by atoms with Gasteiger partial charge in [-0.3, -0.25) is 4.79 Å². The smallest absolute Gasteiger partial charge is 0.197 e. The third-order valence-electron chi connectivity index (χ3n) is 4.90. The van der Waals surface area contributed by atoms with E-state index in [-0.39, 0.29) is 11.5 Å². The van der Waals surface area contributed by atoms with Crippen LogP contribution in [0.5, 0.6) is 11.5 Å². The highest BCUT2D eigenvalue weighted by Crippen LogP contribution is 2.36. The predicted molar refractivity (Wildman–Crippen MR) is 106 cm³/mol. The van der Waals surface area contributed by atoms with Gasteiger partial charge in [-0.25, -0.2) is 0 Å². The average Bonchev–Trinajstić information content (AvgIpc) is 2.97. The summed E-state index contributed by atoms with van der Waals surface area (Å²) < 4.78 is 11.4. The molecule has 3 aromatic rings. The van der Waals surface area contributed by atoms with E-state index in [1.807, 2.05) is 45.0 Å². The van der Waals surface area contributed by atoms with Crippen LogP contribution in [0.25, 0.3) is 11.0 Å². The third-order valence-corrected chi connectivity index (χ3v) is 4.90. The van der Waals surface area contributed by atoms with Gasteiger partial charge in [0.2, 0.25) is 0 Å². The van der Waals surface area contributed by atoms with Crippen LogP contribution in [0.4, 0.5) is 0 Å². The van der Waals surface area contributed by atoms with E-state index in [1.165, 1.54) is 0 Å². The predicted octanol–water partition coefficient (Wildman–Crippen LogP) is 4.36. The zero-order valence-corrected chi connectivity index (χ0v) is 16.6. The topological polar surface area (TPSA) is 62.9 Å². The number of phenols is 1. The Balaban J connectivity index is 2.25. The number of ketones is 1. The molecule has 27 heavy (non-hydrogen) atoms. The van der Waals surface area contributed by atoms with E-state index in [0.29, 0.717) is 45.7 Å². The minimum absolute atomic E-state index is 0.0734. The molecule has 5 heteroatoms. The van der Waals surface area contributed by atoms with E-state index < -0.39 is 0 Å². The molecule has 1 heterocycles. The zero-order chi connectivity index (χ0) is 19.9. The summed E-state index contributed by atoms with van der Waals surface area (Å²) in [6, 6.07) is 7.26. The molecule has 0 bridgehead atoms. The van der Waals surface area contributed by atoms with Gasteiger partial charge in [-0.15, -0.1) is 0 Å². The lowest BCUT2D eigenvalue weighted by Crippen LogP contribution is -2.13. The first kappa shape index (κ1) is 19.0. The zero-order valence-electron chi connectivity index (χ0n) is 16.6. The van der Waals surface area contributed by atoms with E-state index >= 15 is 0 Å². The van der Waals surface area contributed by atoms with Crippen LogP contribution in [0.1, 0.15) is 38.4 Å². The number of ether oxygens (including phenoxy) is 1. The lowest BCUT2D eigenvalue weighted by atomic mass is 9.96. The van der Waals surface area contributed by atoms with E-state index in [0.717, 1.165) is 11.1 Å². The third kappa shape index (κ3) is 3.30. The first-order valence-electron chi connectivity index (χ1n) is 8.83. The van der Waals surface area contributed by atoms with Gasteiger partial charge in [0, 0.05) is 10.9 Å². The van der Waals surface area contributed by atoms with Crippen molar-refractivity contribution in [2.45, 2.75) is 27.3 Å². The number of fused-ring (bicyclic) bond motifs is 1. The number of benzene rings is 2. The molecular formula is C22H25NO4. The Hall–Kier alpha value is -2.79. The van der Waals surface area contributed by atoms with E-state index in [4.69, 9.17) is 9.15 Å². The van der Waals surface area contributed by atoms with Crippen molar-refractivity contribution in [3.8, 4) is 11.5 Å². The van der Waals surface area contributed by atoms with Gasteiger partial charge in [0.15, 0.2) is 17.1 Å². The average molecular weight is 367 g/mol. The van der Waals surface area contributed by atoms with Crippen molar-refractivity contribution in [1.29, 1.82) is 0 Å². The Morgan fingerprint density at radius 3 is 2.48 bits per heavy atom. The maximum absolute atomic E-state index is 13.4. The van der Waals surface area contributed by atoms with E-state index in [9.17, 15) is 9.90 Å². The number of aromatic hydroxyl groups is 1. The molecule has 3 rings (SSSR count).